The van der Waals surface area contributed by atoms with Crippen LogP contribution >= 0.6 is 0 Å². The average molecular weight is 242 g/mol. The maximum absolute atomic E-state index is 7.08. The summed E-state index contributed by atoms with van der Waals surface area (Å²) in [5.74, 6) is 2.07. The van der Waals surface area contributed by atoms with Crippen molar-refractivity contribution < 1.29 is 0 Å². The summed E-state index contributed by atoms with van der Waals surface area (Å²) in [5.41, 5.74) is 2.25. The average Bonchev–Trinajstić information content (AvgIpc) is 2.40. The number of aliphatic imine (C=N–C) groups is 1. The number of para-hydroxylation sites is 1. The van der Waals surface area contributed by atoms with Gasteiger partial charge in [-0.05, 0) is 35.8 Å². The van der Waals surface area contributed by atoms with Gasteiger partial charge in [0.25, 0.3) is 0 Å². The van der Waals surface area contributed by atoms with Crippen molar-refractivity contribution in [3.8, 4) is 0 Å². The molecule has 1 aliphatic rings. The Kier molecular flexibility index (Phi) is 4.33. The second-order valence-electron chi connectivity index (χ2n) is 5.38. The zero-order valence-corrected chi connectivity index (χ0v) is 11.3. The van der Waals surface area contributed by atoms with E-state index in [1.807, 2.05) is 12.1 Å². The Hall–Kier alpha value is -1.40. The zero-order chi connectivity index (χ0) is 13.0. The second kappa shape index (κ2) is 5.97. The molecule has 0 radical (unpaired) electrons. The summed E-state index contributed by atoms with van der Waals surface area (Å²) < 4.78 is 0. The van der Waals surface area contributed by atoms with Crippen LogP contribution in [0.4, 0.5) is 5.69 Å². The highest BCUT2D eigenvalue weighted by atomic mass is 14.7. The summed E-state index contributed by atoms with van der Waals surface area (Å²) in [4.78, 5) is 4.10. The minimum Gasteiger partial charge on any atom is -0.241 e. The van der Waals surface area contributed by atoms with E-state index in [-0.39, 0.29) is 0 Å². The number of hydrogen-bond acceptors (Lipinski definition) is 2. The lowest BCUT2D eigenvalue weighted by Crippen LogP contribution is -2.24. The molecule has 96 valence electrons. The predicted octanol–water partition coefficient (Wildman–Crippen LogP) is 5.00. The van der Waals surface area contributed by atoms with Crippen molar-refractivity contribution in [1.29, 1.82) is 5.41 Å². The fourth-order valence-electron chi connectivity index (χ4n) is 3.48. The summed E-state index contributed by atoms with van der Waals surface area (Å²) in [6, 6.07) is 10.5. The van der Waals surface area contributed by atoms with E-state index in [1.165, 1.54) is 31.2 Å². The molecule has 1 aromatic rings. The Morgan fingerprint density at radius 2 is 2.11 bits per heavy atom. The molecule has 1 aromatic carbocycles. The molecular formula is C16H22N2. The van der Waals surface area contributed by atoms with Crippen molar-refractivity contribution in [3.05, 3.63) is 29.8 Å². The highest BCUT2D eigenvalue weighted by Crippen LogP contribution is 2.45. The molecule has 0 bridgehead atoms. The molecule has 0 spiro atoms. The van der Waals surface area contributed by atoms with Gasteiger partial charge in [-0.15, -0.1) is 0 Å². The Balaban J connectivity index is 2.41. The number of nitrogens with one attached hydrogen (secondary N) is 1. The molecule has 1 fully saturated rings. The Morgan fingerprint density at radius 3 is 2.83 bits per heavy atom. The van der Waals surface area contributed by atoms with E-state index in [1.54, 1.807) is 0 Å². The summed E-state index contributed by atoms with van der Waals surface area (Å²) in [7, 11) is 0. The molecule has 0 aromatic heterocycles. The molecule has 0 amide bonds. The molecule has 0 saturated heterocycles. The van der Waals surface area contributed by atoms with Crippen LogP contribution in [0.1, 0.15) is 51.0 Å². The van der Waals surface area contributed by atoms with Crippen molar-refractivity contribution in [2.75, 3.05) is 0 Å². The first-order valence-corrected chi connectivity index (χ1v) is 6.99. The first-order valence-electron chi connectivity index (χ1n) is 6.99. The molecule has 3 unspecified atom stereocenters. The third-order valence-corrected chi connectivity index (χ3v) is 4.35. The Morgan fingerprint density at radius 1 is 1.33 bits per heavy atom. The van der Waals surface area contributed by atoms with Crippen LogP contribution in [0, 0.1) is 17.2 Å². The third-order valence-electron chi connectivity index (χ3n) is 4.35. The maximum Gasteiger partial charge on any atom is 0.0918 e. The second-order valence-corrected chi connectivity index (χ2v) is 5.38. The van der Waals surface area contributed by atoms with E-state index in [0.29, 0.717) is 11.8 Å². The van der Waals surface area contributed by atoms with Gasteiger partial charge in [0.1, 0.15) is 0 Å². The number of nitrogens with zero attached hydrogens (tertiary/aromatic N) is 1. The van der Waals surface area contributed by atoms with Gasteiger partial charge in [0.15, 0.2) is 0 Å². The SMILES string of the molecule is CCC1CCCC(C)C1c1ccccc1N=C=N. The smallest absolute Gasteiger partial charge is 0.0918 e. The largest absolute Gasteiger partial charge is 0.241 e. The number of hydrogen-bond donors (Lipinski definition) is 1. The summed E-state index contributed by atoms with van der Waals surface area (Å²) in [5, 5.41) is 7.08. The van der Waals surface area contributed by atoms with E-state index in [0.717, 1.165) is 11.6 Å². The van der Waals surface area contributed by atoms with Crippen molar-refractivity contribution >= 4 is 11.7 Å². The zero-order valence-electron chi connectivity index (χ0n) is 11.3. The van der Waals surface area contributed by atoms with Crippen molar-refractivity contribution in [3.63, 3.8) is 0 Å². The van der Waals surface area contributed by atoms with E-state index in [9.17, 15) is 0 Å². The van der Waals surface area contributed by atoms with Gasteiger partial charge < -0.3 is 0 Å². The lowest BCUT2D eigenvalue weighted by atomic mass is 9.68. The van der Waals surface area contributed by atoms with Gasteiger partial charge in [-0.1, -0.05) is 51.3 Å². The van der Waals surface area contributed by atoms with Crippen molar-refractivity contribution in [1.82, 2.24) is 0 Å². The predicted molar refractivity (Wildman–Crippen MR) is 75.8 cm³/mol. The summed E-state index contributed by atoms with van der Waals surface area (Å²) >= 11 is 0. The topological polar surface area (TPSA) is 36.2 Å². The maximum atomic E-state index is 7.08. The Bertz CT molecular complexity index is 446. The standard InChI is InChI=1S/C16H22N2/c1-3-13-8-6-7-12(2)16(13)14-9-4-5-10-15(14)18-11-17/h4-5,9-10,12-13,16-17H,3,6-8H2,1-2H3. The van der Waals surface area contributed by atoms with Crippen LogP contribution in [-0.4, -0.2) is 6.01 Å². The summed E-state index contributed by atoms with van der Waals surface area (Å²) in [6.07, 6.45) is 5.22. The minimum atomic E-state index is 0.594. The van der Waals surface area contributed by atoms with Gasteiger partial charge in [0.05, 0.1) is 11.7 Å². The lowest BCUT2D eigenvalue weighted by molar-refractivity contribution is 0.227. The highest BCUT2D eigenvalue weighted by Gasteiger charge is 2.31. The molecule has 2 nitrogen and oxygen atoms in total. The molecule has 0 aliphatic heterocycles. The Labute approximate surface area is 110 Å². The molecule has 0 heterocycles. The van der Waals surface area contributed by atoms with Gasteiger partial charge in [0, 0.05) is 0 Å². The molecule has 2 heteroatoms. The molecular weight excluding hydrogens is 220 g/mol. The quantitative estimate of drug-likeness (QED) is 0.724. The summed E-state index contributed by atoms with van der Waals surface area (Å²) in [6.45, 7) is 4.65. The van der Waals surface area contributed by atoms with E-state index < -0.39 is 0 Å². The van der Waals surface area contributed by atoms with E-state index in [4.69, 9.17) is 5.41 Å². The third kappa shape index (κ3) is 2.54. The molecule has 1 saturated carbocycles. The first kappa shape index (κ1) is 13.0. The van der Waals surface area contributed by atoms with Crippen LogP contribution in [0.5, 0.6) is 0 Å². The van der Waals surface area contributed by atoms with Crippen LogP contribution in [0.25, 0.3) is 0 Å². The molecule has 18 heavy (non-hydrogen) atoms. The van der Waals surface area contributed by atoms with Gasteiger partial charge in [-0.2, -0.15) is 4.99 Å². The van der Waals surface area contributed by atoms with Gasteiger partial charge in [-0.3, -0.25) is 0 Å². The van der Waals surface area contributed by atoms with Crippen molar-refractivity contribution in [2.24, 2.45) is 16.8 Å². The van der Waals surface area contributed by atoms with Crippen LogP contribution < -0.4 is 0 Å². The van der Waals surface area contributed by atoms with Crippen LogP contribution in [-0.2, 0) is 0 Å². The normalized spacial score (nSPS) is 27.6. The lowest BCUT2D eigenvalue weighted by Gasteiger charge is -2.37. The molecule has 1 N–H and O–H groups in total. The number of benzene rings is 1. The number of rotatable bonds is 3. The molecule has 3 atom stereocenters. The van der Waals surface area contributed by atoms with Crippen LogP contribution in [0.15, 0.2) is 29.3 Å². The fraction of sp³-hybridized carbons (Fsp3) is 0.562. The first-order chi connectivity index (χ1) is 8.77. The van der Waals surface area contributed by atoms with E-state index in [2.05, 4.69) is 37.0 Å². The van der Waals surface area contributed by atoms with Crippen LogP contribution in [0.2, 0.25) is 0 Å². The van der Waals surface area contributed by atoms with Gasteiger partial charge in [0.2, 0.25) is 0 Å². The highest BCUT2D eigenvalue weighted by molar-refractivity contribution is 5.55. The van der Waals surface area contributed by atoms with Crippen LogP contribution in [0.3, 0.4) is 0 Å². The van der Waals surface area contributed by atoms with E-state index >= 15 is 0 Å². The monoisotopic (exact) mass is 242 g/mol. The minimum absolute atomic E-state index is 0.594. The van der Waals surface area contributed by atoms with Crippen molar-refractivity contribution in [2.45, 2.75) is 45.4 Å². The molecule has 2 rings (SSSR count). The fourth-order valence-corrected chi connectivity index (χ4v) is 3.48. The molecule has 1 aliphatic carbocycles. The van der Waals surface area contributed by atoms with Gasteiger partial charge in [-0.25, -0.2) is 5.41 Å². The van der Waals surface area contributed by atoms with Gasteiger partial charge >= 0.3 is 0 Å².